The smallest absolute Gasteiger partial charge is 0.123 e. The van der Waals surface area contributed by atoms with Crippen molar-refractivity contribution in [2.75, 3.05) is 0 Å². The van der Waals surface area contributed by atoms with Crippen molar-refractivity contribution in [2.45, 2.75) is 43.9 Å². The first-order valence-electron chi connectivity index (χ1n) is 6.12. The van der Waals surface area contributed by atoms with Gasteiger partial charge in [-0.05, 0) is 42.9 Å². The molecular formula is C14H18ClF. The van der Waals surface area contributed by atoms with Crippen LogP contribution < -0.4 is 0 Å². The SMILES string of the molecule is Fc1ccc(CC2CCCCC(Cl)C2)cc1. The van der Waals surface area contributed by atoms with Crippen LogP contribution in [0.3, 0.4) is 0 Å². The standard InChI is InChI=1S/C14H18ClF/c15-13-4-2-1-3-12(10-13)9-11-5-7-14(16)8-6-11/h5-8,12-13H,1-4,9-10H2. The molecule has 88 valence electrons. The second-order valence-electron chi connectivity index (χ2n) is 4.81. The molecule has 16 heavy (non-hydrogen) atoms. The number of rotatable bonds is 2. The summed E-state index contributed by atoms with van der Waals surface area (Å²) in [5.74, 6) is 0.523. The zero-order chi connectivity index (χ0) is 11.4. The molecule has 0 aliphatic heterocycles. The van der Waals surface area contributed by atoms with Crippen molar-refractivity contribution in [3.63, 3.8) is 0 Å². The summed E-state index contributed by atoms with van der Waals surface area (Å²) in [5, 5.41) is 0.341. The molecule has 2 atom stereocenters. The summed E-state index contributed by atoms with van der Waals surface area (Å²) < 4.78 is 12.8. The van der Waals surface area contributed by atoms with Crippen molar-refractivity contribution in [2.24, 2.45) is 5.92 Å². The molecule has 1 aliphatic rings. The Kier molecular flexibility index (Phi) is 4.22. The topological polar surface area (TPSA) is 0 Å². The molecule has 0 saturated heterocycles. The molecule has 1 aromatic rings. The molecule has 1 fully saturated rings. The lowest BCUT2D eigenvalue weighted by Gasteiger charge is -2.15. The Bertz CT molecular complexity index is 320. The van der Waals surface area contributed by atoms with E-state index in [0.717, 1.165) is 19.3 Å². The van der Waals surface area contributed by atoms with E-state index < -0.39 is 0 Å². The van der Waals surface area contributed by atoms with Crippen LogP contribution in [-0.4, -0.2) is 5.38 Å². The molecule has 0 nitrogen and oxygen atoms in total. The summed E-state index contributed by atoms with van der Waals surface area (Å²) in [5.41, 5.74) is 1.23. The van der Waals surface area contributed by atoms with E-state index in [0.29, 0.717) is 11.3 Å². The van der Waals surface area contributed by atoms with Gasteiger partial charge in [-0.3, -0.25) is 0 Å². The predicted molar refractivity (Wildman–Crippen MR) is 66.3 cm³/mol. The monoisotopic (exact) mass is 240 g/mol. The first kappa shape index (κ1) is 11.9. The van der Waals surface area contributed by atoms with E-state index in [4.69, 9.17) is 11.6 Å². The van der Waals surface area contributed by atoms with E-state index in [9.17, 15) is 4.39 Å². The van der Waals surface area contributed by atoms with Crippen LogP contribution in [0.1, 0.15) is 37.7 Å². The molecule has 0 radical (unpaired) electrons. The van der Waals surface area contributed by atoms with Crippen LogP contribution in [0.15, 0.2) is 24.3 Å². The van der Waals surface area contributed by atoms with Gasteiger partial charge < -0.3 is 0 Å². The summed E-state index contributed by atoms with van der Waals surface area (Å²) in [6, 6.07) is 6.88. The van der Waals surface area contributed by atoms with Gasteiger partial charge in [0.15, 0.2) is 0 Å². The third-order valence-electron chi connectivity index (χ3n) is 3.41. The third kappa shape index (κ3) is 3.48. The first-order chi connectivity index (χ1) is 7.74. The summed E-state index contributed by atoms with van der Waals surface area (Å²) in [6.45, 7) is 0. The van der Waals surface area contributed by atoms with Gasteiger partial charge in [-0.25, -0.2) is 4.39 Å². The lowest BCUT2D eigenvalue weighted by Crippen LogP contribution is -2.08. The highest BCUT2D eigenvalue weighted by molar-refractivity contribution is 6.20. The van der Waals surface area contributed by atoms with E-state index in [-0.39, 0.29) is 5.82 Å². The number of hydrogen-bond acceptors (Lipinski definition) is 0. The number of hydrogen-bond donors (Lipinski definition) is 0. The highest BCUT2D eigenvalue weighted by Crippen LogP contribution is 2.29. The Morgan fingerprint density at radius 2 is 1.81 bits per heavy atom. The lowest BCUT2D eigenvalue weighted by atomic mass is 9.92. The maximum absolute atomic E-state index is 12.8. The van der Waals surface area contributed by atoms with Crippen LogP contribution in [0, 0.1) is 11.7 Å². The molecule has 1 aliphatic carbocycles. The molecule has 0 spiro atoms. The molecule has 2 unspecified atom stereocenters. The first-order valence-corrected chi connectivity index (χ1v) is 6.56. The van der Waals surface area contributed by atoms with Crippen LogP contribution in [0.4, 0.5) is 4.39 Å². The maximum atomic E-state index is 12.8. The second-order valence-corrected chi connectivity index (χ2v) is 5.43. The van der Waals surface area contributed by atoms with Gasteiger partial charge in [-0.1, -0.05) is 31.4 Å². The van der Waals surface area contributed by atoms with E-state index >= 15 is 0 Å². The van der Waals surface area contributed by atoms with E-state index in [2.05, 4.69) is 0 Å². The molecule has 0 aromatic heterocycles. The molecule has 1 aromatic carbocycles. The van der Waals surface area contributed by atoms with Crippen molar-refractivity contribution in [3.8, 4) is 0 Å². The molecule has 2 heteroatoms. The average molecular weight is 241 g/mol. The van der Waals surface area contributed by atoms with Gasteiger partial charge in [-0.15, -0.1) is 11.6 Å². The fourth-order valence-corrected chi connectivity index (χ4v) is 2.94. The average Bonchev–Trinajstić information content (AvgIpc) is 2.46. The molecule has 1 saturated carbocycles. The van der Waals surface area contributed by atoms with Crippen LogP contribution in [0.5, 0.6) is 0 Å². The number of alkyl halides is 1. The summed E-state index contributed by atoms with van der Waals surface area (Å²) >= 11 is 6.25. The van der Waals surface area contributed by atoms with Gasteiger partial charge in [0.25, 0.3) is 0 Å². The van der Waals surface area contributed by atoms with Crippen LogP contribution in [0.25, 0.3) is 0 Å². The van der Waals surface area contributed by atoms with Crippen LogP contribution >= 0.6 is 11.6 Å². The molecule has 0 bridgehead atoms. The number of benzene rings is 1. The zero-order valence-corrected chi connectivity index (χ0v) is 10.2. The highest BCUT2D eigenvalue weighted by atomic mass is 35.5. The Hall–Kier alpha value is -0.560. The molecule has 0 N–H and O–H groups in total. The van der Waals surface area contributed by atoms with Crippen molar-refractivity contribution in [1.29, 1.82) is 0 Å². The van der Waals surface area contributed by atoms with Gasteiger partial charge >= 0.3 is 0 Å². The van der Waals surface area contributed by atoms with Gasteiger partial charge in [0, 0.05) is 5.38 Å². The summed E-state index contributed by atoms with van der Waals surface area (Å²) in [7, 11) is 0. The maximum Gasteiger partial charge on any atom is 0.123 e. The Morgan fingerprint density at radius 1 is 1.12 bits per heavy atom. The van der Waals surface area contributed by atoms with E-state index in [1.807, 2.05) is 12.1 Å². The van der Waals surface area contributed by atoms with E-state index in [1.54, 1.807) is 12.1 Å². The van der Waals surface area contributed by atoms with Gasteiger partial charge in [0.2, 0.25) is 0 Å². The molecule has 0 amide bonds. The normalized spacial score (nSPS) is 26.4. The Labute approximate surface area is 102 Å². The summed E-state index contributed by atoms with van der Waals surface area (Å²) in [4.78, 5) is 0. The zero-order valence-electron chi connectivity index (χ0n) is 9.46. The minimum atomic E-state index is -0.153. The van der Waals surface area contributed by atoms with Crippen molar-refractivity contribution in [1.82, 2.24) is 0 Å². The van der Waals surface area contributed by atoms with Crippen molar-refractivity contribution in [3.05, 3.63) is 35.6 Å². The van der Waals surface area contributed by atoms with Crippen molar-refractivity contribution < 1.29 is 4.39 Å². The predicted octanol–water partition coefficient (Wildman–Crippen LogP) is 4.56. The minimum absolute atomic E-state index is 0.153. The molecule has 2 rings (SSSR count). The van der Waals surface area contributed by atoms with Crippen LogP contribution in [0.2, 0.25) is 0 Å². The van der Waals surface area contributed by atoms with Gasteiger partial charge in [0.1, 0.15) is 5.82 Å². The van der Waals surface area contributed by atoms with Crippen LogP contribution in [-0.2, 0) is 6.42 Å². The molecular weight excluding hydrogens is 223 g/mol. The Balaban J connectivity index is 1.95. The third-order valence-corrected chi connectivity index (χ3v) is 3.80. The minimum Gasteiger partial charge on any atom is -0.207 e. The van der Waals surface area contributed by atoms with Crippen molar-refractivity contribution >= 4 is 11.6 Å². The quantitative estimate of drug-likeness (QED) is 0.525. The largest absolute Gasteiger partial charge is 0.207 e. The summed E-state index contributed by atoms with van der Waals surface area (Å²) in [6.07, 6.45) is 7.12. The Morgan fingerprint density at radius 3 is 2.56 bits per heavy atom. The highest BCUT2D eigenvalue weighted by Gasteiger charge is 2.18. The van der Waals surface area contributed by atoms with E-state index in [1.165, 1.54) is 24.8 Å². The number of halogens is 2. The fourth-order valence-electron chi connectivity index (χ4n) is 2.54. The van der Waals surface area contributed by atoms with Gasteiger partial charge in [-0.2, -0.15) is 0 Å². The lowest BCUT2D eigenvalue weighted by molar-refractivity contribution is 0.460. The molecule has 0 heterocycles. The van der Waals surface area contributed by atoms with Gasteiger partial charge in [0.05, 0.1) is 0 Å². The fraction of sp³-hybridized carbons (Fsp3) is 0.571. The second kappa shape index (κ2) is 5.67.